The number of halogens is 1. The summed E-state index contributed by atoms with van der Waals surface area (Å²) in [5, 5.41) is 9.83. The Hall–Kier alpha value is -3.49. The van der Waals surface area contributed by atoms with Crippen molar-refractivity contribution < 1.29 is 27.0 Å². The first kappa shape index (κ1) is 26.6. The second kappa shape index (κ2) is 10.9. The third-order valence-corrected chi connectivity index (χ3v) is 8.63. The third kappa shape index (κ3) is 5.31. The van der Waals surface area contributed by atoms with Crippen LogP contribution in [0.4, 0.5) is 4.39 Å². The van der Waals surface area contributed by atoms with E-state index in [1.807, 2.05) is 12.3 Å². The summed E-state index contributed by atoms with van der Waals surface area (Å²) in [4.78, 5) is 12.3. The molecule has 0 aliphatic carbocycles. The number of aromatic nitrogens is 6. The Kier molecular flexibility index (Phi) is 7.80. The van der Waals surface area contributed by atoms with Crippen molar-refractivity contribution >= 4 is 21.2 Å². The normalized spacial score (nSPS) is 13.4. The Morgan fingerprint density at radius 1 is 1.08 bits per heavy atom. The largest absolute Gasteiger partial charge is 0.494 e. The van der Waals surface area contributed by atoms with Crippen molar-refractivity contribution in [1.82, 2.24) is 29.7 Å². The lowest BCUT2D eigenvalue weighted by molar-refractivity contribution is 0.0946. The lowest BCUT2D eigenvalue weighted by Gasteiger charge is -2.22. The molecule has 37 heavy (non-hydrogen) atoms. The maximum Gasteiger partial charge on any atom is 0.197 e. The van der Waals surface area contributed by atoms with E-state index in [1.165, 1.54) is 39.6 Å². The van der Waals surface area contributed by atoms with E-state index in [2.05, 4.69) is 25.1 Å². The summed E-state index contributed by atoms with van der Waals surface area (Å²) < 4.78 is 58.7. The molecule has 11 nitrogen and oxygen atoms in total. The highest BCUT2D eigenvalue weighted by Gasteiger charge is 2.35. The molecule has 0 unspecified atom stereocenters. The van der Waals surface area contributed by atoms with Gasteiger partial charge < -0.3 is 14.2 Å². The van der Waals surface area contributed by atoms with Gasteiger partial charge in [0.2, 0.25) is 0 Å². The molecule has 0 radical (unpaired) electrons. The first-order valence-corrected chi connectivity index (χ1v) is 13.6. The molecule has 0 saturated heterocycles. The van der Waals surface area contributed by atoms with E-state index in [9.17, 15) is 12.8 Å². The SMILES string of the molecule is COc1cccc(OC)c1-n1c(CS(=O)(=O)[C@H](C)[C@H](OC)c2ncc(F)cn2)nnc1-c1nc(C)cs1. The number of nitrogens with zero attached hydrogens (tertiary/aromatic N) is 6. The highest BCUT2D eigenvalue weighted by Crippen LogP contribution is 2.37. The van der Waals surface area contributed by atoms with Crippen molar-refractivity contribution in [3.05, 3.63) is 59.1 Å². The number of thiazole rings is 1. The number of ether oxygens (including phenoxy) is 3. The van der Waals surface area contributed by atoms with Crippen LogP contribution in [0.3, 0.4) is 0 Å². The molecule has 0 saturated carbocycles. The number of methoxy groups -OCH3 is 3. The van der Waals surface area contributed by atoms with Crippen LogP contribution >= 0.6 is 11.3 Å². The fourth-order valence-corrected chi connectivity index (χ4v) is 5.96. The van der Waals surface area contributed by atoms with Crippen LogP contribution in [-0.2, 0) is 20.3 Å². The summed E-state index contributed by atoms with van der Waals surface area (Å²) in [7, 11) is 0.405. The molecule has 4 aromatic rings. The molecule has 3 aromatic heterocycles. The van der Waals surface area contributed by atoms with Crippen molar-refractivity contribution in [1.29, 1.82) is 0 Å². The molecule has 1 aromatic carbocycles. The standard InChI is InChI=1S/C23H25FN6O5S2/c1-13-11-36-23(27-13)22-29-28-18(30(22)19-16(33-3)7-6-8-17(19)34-4)12-37(31,32)14(2)20(35-5)21-25-9-15(24)10-26-21/h6-11,14,20H,12H2,1-5H3/t14-,20+/m1/s1. The Morgan fingerprint density at radius 2 is 1.73 bits per heavy atom. The van der Waals surface area contributed by atoms with Gasteiger partial charge in [-0.3, -0.25) is 4.57 Å². The van der Waals surface area contributed by atoms with E-state index in [4.69, 9.17) is 14.2 Å². The van der Waals surface area contributed by atoms with Crippen LogP contribution in [0.5, 0.6) is 11.5 Å². The Morgan fingerprint density at radius 3 is 2.27 bits per heavy atom. The van der Waals surface area contributed by atoms with Crippen LogP contribution in [0.2, 0.25) is 0 Å². The van der Waals surface area contributed by atoms with Crippen LogP contribution < -0.4 is 9.47 Å². The van der Waals surface area contributed by atoms with Gasteiger partial charge in [0.25, 0.3) is 0 Å². The molecule has 0 fully saturated rings. The molecule has 0 aliphatic rings. The van der Waals surface area contributed by atoms with Crippen molar-refractivity contribution in [2.75, 3.05) is 21.3 Å². The summed E-state index contributed by atoms with van der Waals surface area (Å²) in [6, 6.07) is 5.20. The number of hydrogen-bond acceptors (Lipinski definition) is 11. The summed E-state index contributed by atoms with van der Waals surface area (Å²) in [6.45, 7) is 3.32. The fraction of sp³-hybridized carbons (Fsp3) is 0.348. The zero-order valence-electron chi connectivity index (χ0n) is 20.7. The van der Waals surface area contributed by atoms with Crippen molar-refractivity contribution in [3.63, 3.8) is 0 Å². The molecule has 0 spiro atoms. The average molecular weight is 549 g/mol. The van der Waals surface area contributed by atoms with Gasteiger partial charge in [0.15, 0.2) is 38.1 Å². The highest BCUT2D eigenvalue weighted by molar-refractivity contribution is 7.91. The quantitative estimate of drug-likeness (QED) is 0.291. The van der Waals surface area contributed by atoms with Crippen LogP contribution in [0, 0.1) is 12.7 Å². The molecular weight excluding hydrogens is 523 g/mol. The summed E-state index contributed by atoms with van der Waals surface area (Å²) in [6.07, 6.45) is 0.880. The van der Waals surface area contributed by atoms with Crippen molar-refractivity contribution in [3.8, 4) is 28.0 Å². The number of hydrogen-bond donors (Lipinski definition) is 0. The maximum atomic E-state index is 13.6. The predicted octanol–water partition coefficient (Wildman–Crippen LogP) is 3.34. The molecule has 196 valence electrons. The van der Waals surface area contributed by atoms with E-state index in [0.717, 1.165) is 18.1 Å². The minimum atomic E-state index is -3.94. The maximum absolute atomic E-state index is 13.6. The zero-order chi connectivity index (χ0) is 26.7. The monoisotopic (exact) mass is 548 g/mol. The molecule has 0 aliphatic heterocycles. The van der Waals surface area contributed by atoms with Crippen LogP contribution in [0.15, 0.2) is 36.0 Å². The molecule has 0 N–H and O–H groups in total. The van der Waals surface area contributed by atoms with E-state index < -0.39 is 32.8 Å². The summed E-state index contributed by atoms with van der Waals surface area (Å²) in [5.74, 6) is 0.207. The van der Waals surface area contributed by atoms with Crippen LogP contribution in [0.25, 0.3) is 16.5 Å². The minimum absolute atomic E-state index is 0.0480. The highest BCUT2D eigenvalue weighted by atomic mass is 32.2. The van der Waals surface area contributed by atoms with Gasteiger partial charge in [0, 0.05) is 18.2 Å². The predicted molar refractivity (Wildman–Crippen MR) is 134 cm³/mol. The van der Waals surface area contributed by atoms with Gasteiger partial charge in [0.05, 0.1) is 31.9 Å². The first-order chi connectivity index (χ1) is 17.7. The van der Waals surface area contributed by atoms with Crippen LogP contribution in [0.1, 0.15) is 30.4 Å². The minimum Gasteiger partial charge on any atom is -0.494 e. The molecule has 0 bridgehead atoms. The van der Waals surface area contributed by atoms with Gasteiger partial charge >= 0.3 is 0 Å². The van der Waals surface area contributed by atoms with Gasteiger partial charge in [-0.1, -0.05) is 6.07 Å². The fourth-order valence-electron chi connectivity index (χ4n) is 3.77. The Labute approximate surface area is 217 Å². The van der Waals surface area contributed by atoms with Gasteiger partial charge in [-0.05, 0) is 26.0 Å². The average Bonchev–Trinajstić information content (AvgIpc) is 3.50. The molecule has 14 heteroatoms. The van der Waals surface area contributed by atoms with Gasteiger partial charge in [-0.15, -0.1) is 21.5 Å². The number of benzene rings is 1. The zero-order valence-corrected chi connectivity index (χ0v) is 22.4. The molecular formula is C23H25FN6O5S2. The molecule has 4 rings (SSSR count). The van der Waals surface area contributed by atoms with Crippen molar-refractivity contribution in [2.45, 2.75) is 31.0 Å². The smallest absolute Gasteiger partial charge is 0.197 e. The van der Waals surface area contributed by atoms with Gasteiger partial charge in [-0.2, -0.15) is 0 Å². The second-order valence-electron chi connectivity index (χ2n) is 8.01. The van der Waals surface area contributed by atoms with E-state index in [1.54, 1.807) is 22.8 Å². The van der Waals surface area contributed by atoms with E-state index in [-0.39, 0.29) is 11.6 Å². The molecule has 3 heterocycles. The van der Waals surface area contributed by atoms with E-state index in [0.29, 0.717) is 28.0 Å². The number of para-hydroxylation sites is 1. The lowest BCUT2D eigenvalue weighted by atomic mass is 10.2. The Balaban J connectivity index is 1.82. The topological polar surface area (TPSA) is 131 Å². The summed E-state index contributed by atoms with van der Waals surface area (Å²) in [5.41, 5.74) is 1.22. The van der Waals surface area contributed by atoms with Gasteiger partial charge in [-0.25, -0.2) is 27.8 Å². The molecule has 2 atom stereocenters. The second-order valence-corrected chi connectivity index (χ2v) is 11.2. The van der Waals surface area contributed by atoms with Crippen molar-refractivity contribution in [2.24, 2.45) is 0 Å². The third-order valence-electron chi connectivity index (χ3n) is 5.64. The van der Waals surface area contributed by atoms with Crippen LogP contribution in [-0.4, -0.2) is 64.7 Å². The lowest BCUT2D eigenvalue weighted by Crippen LogP contribution is -2.30. The first-order valence-electron chi connectivity index (χ1n) is 11.0. The van der Waals surface area contributed by atoms with Gasteiger partial charge in [0.1, 0.15) is 29.0 Å². The number of sulfone groups is 1. The van der Waals surface area contributed by atoms with E-state index >= 15 is 0 Å². The summed E-state index contributed by atoms with van der Waals surface area (Å²) >= 11 is 1.35. The number of rotatable bonds is 10. The number of aryl methyl sites for hydroxylation is 1. The Bertz CT molecular complexity index is 1470. The molecule has 0 amide bonds.